The van der Waals surface area contributed by atoms with E-state index in [4.69, 9.17) is 0 Å². The monoisotopic (exact) mass is 180 g/mol. The lowest BCUT2D eigenvalue weighted by atomic mass is 9.94. The predicted octanol–water partition coefficient (Wildman–Crippen LogP) is 1.34. The first-order valence-electron chi connectivity index (χ1n) is 5.40. The predicted molar refractivity (Wildman–Crippen MR) is 55.9 cm³/mol. The van der Waals surface area contributed by atoms with Crippen molar-refractivity contribution in [1.29, 1.82) is 0 Å². The van der Waals surface area contributed by atoms with Crippen molar-refractivity contribution >= 4 is 0 Å². The van der Waals surface area contributed by atoms with Gasteiger partial charge in [0.05, 0.1) is 0 Å². The van der Waals surface area contributed by atoms with Gasteiger partial charge in [0.25, 0.3) is 0 Å². The summed E-state index contributed by atoms with van der Waals surface area (Å²) < 4.78 is 0. The fourth-order valence-corrected chi connectivity index (χ4v) is 2.39. The quantitative estimate of drug-likeness (QED) is 0.562. The van der Waals surface area contributed by atoms with Gasteiger partial charge in [0.1, 0.15) is 0 Å². The Morgan fingerprint density at radius 1 is 1.08 bits per heavy atom. The molecule has 0 unspecified atom stereocenters. The SMILES string of the molecule is CCN1CCC2=C(CN(C)CC2)C1. The van der Waals surface area contributed by atoms with Crippen molar-refractivity contribution in [2.75, 3.05) is 39.8 Å². The normalized spacial score (nSPS) is 26.3. The van der Waals surface area contributed by atoms with Gasteiger partial charge in [0.15, 0.2) is 0 Å². The Bertz CT molecular complexity index is 220. The third-order valence-electron chi connectivity index (χ3n) is 3.35. The van der Waals surface area contributed by atoms with E-state index in [-0.39, 0.29) is 0 Å². The maximum atomic E-state index is 2.55. The van der Waals surface area contributed by atoms with Gasteiger partial charge in [-0.1, -0.05) is 12.5 Å². The Morgan fingerprint density at radius 3 is 2.62 bits per heavy atom. The number of nitrogens with zero attached hydrogens (tertiary/aromatic N) is 2. The van der Waals surface area contributed by atoms with Crippen LogP contribution in [0.25, 0.3) is 0 Å². The van der Waals surface area contributed by atoms with Gasteiger partial charge in [-0.3, -0.25) is 4.90 Å². The Morgan fingerprint density at radius 2 is 1.85 bits per heavy atom. The van der Waals surface area contributed by atoms with Crippen molar-refractivity contribution in [3.8, 4) is 0 Å². The van der Waals surface area contributed by atoms with Crippen LogP contribution >= 0.6 is 0 Å². The first-order chi connectivity index (χ1) is 6.29. The van der Waals surface area contributed by atoms with Gasteiger partial charge < -0.3 is 4.90 Å². The first kappa shape index (κ1) is 9.22. The van der Waals surface area contributed by atoms with E-state index in [1.165, 1.54) is 45.6 Å². The summed E-state index contributed by atoms with van der Waals surface area (Å²) in [4.78, 5) is 5.00. The molecule has 0 bridgehead atoms. The molecule has 0 fully saturated rings. The molecule has 0 amide bonds. The first-order valence-corrected chi connectivity index (χ1v) is 5.40. The Kier molecular flexibility index (Phi) is 2.70. The number of rotatable bonds is 1. The van der Waals surface area contributed by atoms with Gasteiger partial charge in [-0.2, -0.15) is 0 Å². The highest BCUT2D eigenvalue weighted by molar-refractivity contribution is 5.23. The van der Waals surface area contributed by atoms with Crippen LogP contribution in [-0.2, 0) is 0 Å². The van der Waals surface area contributed by atoms with Crippen LogP contribution in [0.5, 0.6) is 0 Å². The molecule has 0 aliphatic carbocycles. The fourth-order valence-electron chi connectivity index (χ4n) is 2.39. The van der Waals surface area contributed by atoms with E-state index in [9.17, 15) is 0 Å². The lowest BCUT2D eigenvalue weighted by Gasteiger charge is -2.35. The van der Waals surface area contributed by atoms with E-state index in [0.717, 1.165) is 0 Å². The van der Waals surface area contributed by atoms with Crippen LogP contribution in [0.4, 0.5) is 0 Å². The molecule has 0 atom stereocenters. The maximum Gasteiger partial charge on any atom is 0.0208 e. The molecule has 0 spiro atoms. The maximum absolute atomic E-state index is 2.55. The summed E-state index contributed by atoms with van der Waals surface area (Å²) in [5.41, 5.74) is 3.48. The third-order valence-corrected chi connectivity index (χ3v) is 3.35. The Hall–Kier alpha value is -0.340. The Labute approximate surface area is 81.2 Å². The largest absolute Gasteiger partial charge is 0.302 e. The smallest absolute Gasteiger partial charge is 0.0208 e. The summed E-state index contributed by atoms with van der Waals surface area (Å²) in [5, 5.41) is 0. The topological polar surface area (TPSA) is 6.48 Å². The van der Waals surface area contributed by atoms with Crippen molar-refractivity contribution in [1.82, 2.24) is 9.80 Å². The van der Waals surface area contributed by atoms with Crippen molar-refractivity contribution in [2.24, 2.45) is 0 Å². The van der Waals surface area contributed by atoms with Gasteiger partial charge in [0, 0.05) is 26.2 Å². The molecule has 0 aromatic carbocycles. The summed E-state index contributed by atoms with van der Waals surface area (Å²) in [6.07, 6.45) is 2.65. The average molecular weight is 180 g/mol. The minimum atomic E-state index is 1.21. The van der Waals surface area contributed by atoms with E-state index >= 15 is 0 Å². The molecule has 0 aromatic rings. The molecule has 2 heterocycles. The van der Waals surface area contributed by atoms with Crippen LogP contribution in [0.3, 0.4) is 0 Å². The lowest BCUT2D eigenvalue weighted by molar-refractivity contribution is 0.258. The van der Waals surface area contributed by atoms with Crippen LogP contribution in [-0.4, -0.2) is 49.6 Å². The second-order valence-corrected chi connectivity index (χ2v) is 4.31. The van der Waals surface area contributed by atoms with Crippen molar-refractivity contribution < 1.29 is 0 Å². The zero-order valence-corrected chi connectivity index (χ0v) is 8.84. The summed E-state index contributed by atoms with van der Waals surface area (Å²) in [6.45, 7) is 8.48. The molecule has 0 N–H and O–H groups in total. The van der Waals surface area contributed by atoms with Crippen LogP contribution in [0.2, 0.25) is 0 Å². The molecular weight excluding hydrogens is 160 g/mol. The van der Waals surface area contributed by atoms with Crippen molar-refractivity contribution in [3.05, 3.63) is 11.1 Å². The average Bonchev–Trinajstić information content (AvgIpc) is 2.16. The number of hydrogen-bond donors (Lipinski definition) is 0. The summed E-state index contributed by atoms with van der Waals surface area (Å²) in [6, 6.07) is 0. The van der Waals surface area contributed by atoms with Crippen LogP contribution in [0.15, 0.2) is 11.1 Å². The summed E-state index contributed by atoms with van der Waals surface area (Å²) in [5.74, 6) is 0. The van der Waals surface area contributed by atoms with E-state index < -0.39 is 0 Å². The highest BCUT2D eigenvalue weighted by atomic mass is 15.1. The number of hydrogen-bond acceptors (Lipinski definition) is 2. The van der Waals surface area contributed by atoms with E-state index in [1.807, 2.05) is 0 Å². The highest BCUT2D eigenvalue weighted by Gasteiger charge is 2.21. The minimum absolute atomic E-state index is 1.21. The van der Waals surface area contributed by atoms with Crippen LogP contribution in [0.1, 0.15) is 19.8 Å². The van der Waals surface area contributed by atoms with Gasteiger partial charge >= 0.3 is 0 Å². The molecule has 2 aliphatic heterocycles. The molecule has 74 valence electrons. The van der Waals surface area contributed by atoms with E-state index in [1.54, 1.807) is 11.1 Å². The molecular formula is C11H20N2. The summed E-state index contributed by atoms with van der Waals surface area (Å²) >= 11 is 0. The summed E-state index contributed by atoms with van der Waals surface area (Å²) in [7, 11) is 2.23. The fraction of sp³-hybridized carbons (Fsp3) is 0.818. The molecule has 13 heavy (non-hydrogen) atoms. The molecule has 0 radical (unpaired) electrons. The molecule has 0 saturated heterocycles. The van der Waals surface area contributed by atoms with Gasteiger partial charge in [0.2, 0.25) is 0 Å². The third kappa shape index (κ3) is 1.94. The molecule has 2 heteroatoms. The zero-order valence-electron chi connectivity index (χ0n) is 8.84. The lowest BCUT2D eigenvalue weighted by Crippen LogP contribution is -2.39. The van der Waals surface area contributed by atoms with Crippen LogP contribution in [0, 0.1) is 0 Å². The van der Waals surface area contributed by atoms with Crippen molar-refractivity contribution in [3.63, 3.8) is 0 Å². The zero-order chi connectivity index (χ0) is 9.26. The van der Waals surface area contributed by atoms with E-state index in [2.05, 4.69) is 23.8 Å². The number of likely N-dealkylation sites (N-methyl/N-ethyl adjacent to an activating group) is 2. The van der Waals surface area contributed by atoms with Gasteiger partial charge in [-0.15, -0.1) is 0 Å². The minimum Gasteiger partial charge on any atom is -0.302 e. The van der Waals surface area contributed by atoms with Crippen molar-refractivity contribution in [2.45, 2.75) is 19.8 Å². The van der Waals surface area contributed by atoms with Crippen LogP contribution < -0.4 is 0 Å². The highest BCUT2D eigenvalue weighted by Crippen LogP contribution is 2.24. The molecule has 0 saturated carbocycles. The molecule has 2 aliphatic rings. The molecule has 2 rings (SSSR count). The van der Waals surface area contributed by atoms with E-state index in [0.29, 0.717) is 0 Å². The second kappa shape index (κ2) is 3.81. The standard InChI is InChI=1S/C11H20N2/c1-3-13-7-5-10-4-6-12(2)8-11(10)9-13/h3-9H2,1-2H3. The Balaban J connectivity index is 2.06. The van der Waals surface area contributed by atoms with Gasteiger partial charge in [-0.05, 0) is 32.0 Å². The molecule has 2 nitrogen and oxygen atoms in total. The van der Waals surface area contributed by atoms with Gasteiger partial charge in [-0.25, -0.2) is 0 Å². The second-order valence-electron chi connectivity index (χ2n) is 4.31. The molecule has 0 aromatic heterocycles.